The van der Waals surface area contributed by atoms with Gasteiger partial charge in [-0.1, -0.05) is 41.6 Å². The molecule has 1 N–H and O–H groups in total. The third-order valence-electron chi connectivity index (χ3n) is 4.05. The Labute approximate surface area is 174 Å². The van der Waals surface area contributed by atoms with Crippen molar-refractivity contribution in [2.75, 3.05) is 11.9 Å². The lowest BCUT2D eigenvalue weighted by Gasteiger charge is -2.13. The van der Waals surface area contributed by atoms with Crippen molar-refractivity contribution >= 4 is 17.8 Å². The average molecular weight is 403 g/mol. The molecule has 30 heavy (non-hydrogen) atoms. The van der Waals surface area contributed by atoms with Crippen molar-refractivity contribution in [3.05, 3.63) is 77.1 Å². The number of carbonyl (C=O) groups is 1. The first-order valence-electron chi connectivity index (χ1n) is 9.39. The Hall–Kier alpha value is -4.05. The number of rotatable bonds is 8. The van der Waals surface area contributed by atoms with Crippen molar-refractivity contribution < 1.29 is 18.8 Å². The van der Waals surface area contributed by atoms with Gasteiger partial charge in [0.05, 0.1) is 6.61 Å². The topological polar surface area (TPSA) is 97.4 Å². The molecule has 152 valence electrons. The van der Waals surface area contributed by atoms with Gasteiger partial charge in [-0.25, -0.2) is 0 Å². The predicted molar refractivity (Wildman–Crippen MR) is 112 cm³/mol. The molecule has 3 aromatic rings. The number of nitrogens with one attached hydrogen (secondary N) is 1. The highest BCUT2D eigenvalue weighted by molar-refractivity contribution is 6.09. The molecule has 0 aliphatic rings. The van der Waals surface area contributed by atoms with Crippen LogP contribution >= 0.6 is 0 Å². The lowest BCUT2D eigenvalue weighted by atomic mass is 10.1. The van der Waals surface area contributed by atoms with E-state index in [2.05, 4.69) is 10.5 Å². The van der Waals surface area contributed by atoms with E-state index in [1.807, 2.05) is 43.3 Å². The molecule has 7 nitrogen and oxygen atoms in total. The lowest BCUT2D eigenvalue weighted by molar-refractivity contribution is -0.112. The SMILES string of the molecule is CCOc1cc(/C=C(/C#N)C(=O)Nc2cc(C)on2)ccc1OCc1ccccc1. The quantitative estimate of drug-likeness (QED) is 0.439. The summed E-state index contributed by atoms with van der Waals surface area (Å²) in [5.41, 5.74) is 1.60. The first-order chi connectivity index (χ1) is 14.6. The van der Waals surface area contributed by atoms with Crippen LogP contribution < -0.4 is 14.8 Å². The van der Waals surface area contributed by atoms with Crippen molar-refractivity contribution in [3.8, 4) is 17.6 Å². The molecule has 0 spiro atoms. The van der Waals surface area contributed by atoms with E-state index in [1.165, 1.54) is 6.08 Å². The highest BCUT2D eigenvalue weighted by atomic mass is 16.5. The number of hydrogen-bond acceptors (Lipinski definition) is 6. The largest absolute Gasteiger partial charge is 0.490 e. The summed E-state index contributed by atoms with van der Waals surface area (Å²) in [5.74, 6) is 1.35. The first kappa shape index (κ1) is 20.7. The molecule has 0 radical (unpaired) electrons. The summed E-state index contributed by atoms with van der Waals surface area (Å²) in [5, 5.41) is 15.6. The molecular formula is C23H21N3O4. The van der Waals surface area contributed by atoms with Gasteiger partial charge in [0.25, 0.3) is 5.91 Å². The van der Waals surface area contributed by atoms with Gasteiger partial charge in [-0.3, -0.25) is 4.79 Å². The third-order valence-corrected chi connectivity index (χ3v) is 4.05. The minimum absolute atomic E-state index is 0.0731. The van der Waals surface area contributed by atoms with Gasteiger partial charge in [0.15, 0.2) is 17.3 Å². The van der Waals surface area contributed by atoms with E-state index in [9.17, 15) is 10.1 Å². The van der Waals surface area contributed by atoms with E-state index >= 15 is 0 Å². The molecule has 1 heterocycles. The lowest BCUT2D eigenvalue weighted by Crippen LogP contribution is -2.13. The molecule has 0 aliphatic heterocycles. The maximum absolute atomic E-state index is 12.4. The molecule has 0 aliphatic carbocycles. The maximum atomic E-state index is 12.4. The Morgan fingerprint density at radius 2 is 1.97 bits per heavy atom. The zero-order valence-corrected chi connectivity index (χ0v) is 16.7. The van der Waals surface area contributed by atoms with Crippen LogP contribution in [0.4, 0.5) is 5.82 Å². The smallest absolute Gasteiger partial charge is 0.267 e. The molecule has 0 unspecified atom stereocenters. The van der Waals surface area contributed by atoms with Crippen LogP contribution in [0.5, 0.6) is 11.5 Å². The van der Waals surface area contributed by atoms with Crippen LogP contribution in [-0.2, 0) is 11.4 Å². The molecule has 2 aromatic carbocycles. The zero-order valence-electron chi connectivity index (χ0n) is 16.7. The van der Waals surface area contributed by atoms with Gasteiger partial charge >= 0.3 is 0 Å². The first-order valence-corrected chi connectivity index (χ1v) is 9.39. The number of nitriles is 1. The number of benzene rings is 2. The van der Waals surface area contributed by atoms with Crippen LogP contribution in [0.15, 0.2) is 64.7 Å². The molecule has 0 saturated carbocycles. The summed E-state index contributed by atoms with van der Waals surface area (Å²) in [4.78, 5) is 12.4. The number of ether oxygens (including phenoxy) is 2. The molecule has 0 atom stereocenters. The van der Waals surface area contributed by atoms with Crippen molar-refractivity contribution in [2.45, 2.75) is 20.5 Å². The highest BCUT2D eigenvalue weighted by Crippen LogP contribution is 2.30. The van der Waals surface area contributed by atoms with E-state index in [4.69, 9.17) is 14.0 Å². The number of aromatic nitrogens is 1. The molecule has 0 saturated heterocycles. The number of carbonyl (C=O) groups excluding carboxylic acids is 1. The average Bonchev–Trinajstić information content (AvgIpc) is 3.16. The second kappa shape index (κ2) is 9.94. The highest BCUT2D eigenvalue weighted by Gasteiger charge is 2.13. The number of aryl methyl sites for hydroxylation is 1. The second-order valence-corrected chi connectivity index (χ2v) is 6.36. The summed E-state index contributed by atoms with van der Waals surface area (Å²) in [6, 6.07) is 18.5. The Kier molecular flexibility index (Phi) is 6.85. The van der Waals surface area contributed by atoms with Crippen LogP contribution in [-0.4, -0.2) is 17.7 Å². The summed E-state index contributed by atoms with van der Waals surface area (Å²) in [6.45, 7) is 4.43. The fraction of sp³-hybridized carbons (Fsp3) is 0.174. The second-order valence-electron chi connectivity index (χ2n) is 6.36. The molecular weight excluding hydrogens is 382 g/mol. The van der Waals surface area contributed by atoms with Crippen LogP contribution in [0.3, 0.4) is 0 Å². The number of hydrogen-bond donors (Lipinski definition) is 1. The minimum atomic E-state index is -0.576. The van der Waals surface area contributed by atoms with E-state index in [0.717, 1.165) is 5.56 Å². The molecule has 3 rings (SSSR count). The van der Waals surface area contributed by atoms with Crippen LogP contribution in [0.25, 0.3) is 6.08 Å². The van der Waals surface area contributed by atoms with Crippen LogP contribution in [0.2, 0.25) is 0 Å². The number of amides is 1. The van der Waals surface area contributed by atoms with E-state index in [1.54, 1.807) is 31.2 Å². The van der Waals surface area contributed by atoms with Crippen molar-refractivity contribution in [3.63, 3.8) is 0 Å². The van der Waals surface area contributed by atoms with E-state index < -0.39 is 5.91 Å². The Balaban J connectivity index is 1.77. The number of nitrogens with zero attached hydrogens (tertiary/aromatic N) is 2. The summed E-state index contributed by atoms with van der Waals surface area (Å²) >= 11 is 0. The molecule has 0 fully saturated rings. The normalized spacial score (nSPS) is 10.9. The minimum Gasteiger partial charge on any atom is -0.490 e. The van der Waals surface area contributed by atoms with Crippen LogP contribution in [0.1, 0.15) is 23.8 Å². The van der Waals surface area contributed by atoms with Gasteiger partial charge in [-0.05, 0) is 43.2 Å². The molecule has 1 aromatic heterocycles. The van der Waals surface area contributed by atoms with Gasteiger partial charge in [0.1, 0.15) is 24.0 Å². The van der Waals surface area contributed by atoms with Crippen molar-refractivity contribution in [1.29, 1.82) is 5.26 Å². The maximum Gasteiger partial charge on any atom is 0.267 e. The zero-order chi connectivity index (χ0) is 21.3. The van der Waals surface area contributed by atoms with Gasteiger partial charge in [-0.2, -0.15) is 5.26 Å². The number of anilines is 1. The monoisotopic (exact) mass is 403 g/mol. The summed E-state index contributed by atoms with van der Waals surface area (Å²) in [7, 11) is 0. The van der Waals surface area contributed by atoms with E-state index in [0.29, 0.717) is 36.0 Å². The van der Waals surface area contributed by atoms with Gasteiger partial charge in [0.2, 0.25) is 0 Å². The molecule has 0 bridgehead atoms. The standard InChI is InChI=1S/C23H21N3O4/c1-3-28-21-13-18(9-10-20(21)29-15-17-7-5-4-6-8-17)12-19(14-24)23(27)25-22-11-16(2)30-26-22/h4-13H,3,15H2,1-2H3,(H,25,26,27)/b19-12-. The van der Waals surface area contributed by atoms with E-state index in [-0.39, 0.29) is 11.4 Å². The Bertz CT molecular complexity index is 1080. The fourth-order valence-electron chi connectivity index (χ4n) is 2.66. The van der Waals surface area contributed by atoms with Gasteiger partial charge in [0, 0.05) is 6.07 Å². The third kappa shape index (κ3) is 5.49. The Morgan fingerprint density at radius 1 is 1.17 bits per heavy atom. The molecule has 1 amide bonds. The fourth-order valence-corrected chi connectivity index (χ4v) is 2.66. The van der Waals surface area contributed by atoms with Crippen molar-refractivity contribution in [2.24, 2.45) is 0 Å². The van der Waals surface area contributed by atoms with Gasteiger partial charge in [-0.15, -0.1) is 0 Å². The predicted octanol–water partition coefficient (Wildman–Crippen LogP) is 4.51. The summed E-state index contributed by atoms with van der Waals surface area (Å²) in [6.07, 6.45) is 1.48. The van der Waals surface area contributed by atoms with Crippen molar-refractivity contribution in [1.82, 2.24) is 5.16 Å². The van der Waals surface area contributed by atoms with Gasteiger partial charge < -0.3 is 19.3 Å². The Morgan fingerprint density at radius 3 is 2.63 bits per heavy atom. The summed E-state index contributed by atoms with van der Waals surface area (Å²) < 4.78 is 16.5. The van der Waals surface area contributed by atoms with Crippen LogP contribution in [0, 0.1) is 18.3 Å². The molecule has 7 heteroatoms.